The fourth-order valence-corrected chi connectivity index (χ4v) is 2.48. The van der Waals surface area contributed by atoms with E-state index in [1.54, 1.807) is 0 Å². The van der Waals surface area contributed by atoms with E-state index in [0.29, 0.717) is 37.1 Å². The van der Waals surface area contributed by atoms with Crippen LogP contribution in [-0.2, 0) is 0 Å². The Morgan fingerprint density at radius 2 is 1.46 bits per heavy atom. The van der Waals surface area contributed by atoms with Crippen molar-refractivity contribution in [1.29, 1.82) is 0 Å². The summed E-state index contributed by atoms with van der Waals surface area (Å²) in [6.45, 7) is 6.59. The summed E-state index contributed by atoms with van der Waals surface area (Å²) in [5.41, 5.74) is 0.227. The van der Waals surface area contributed by atoms with E-state index in [-0.39, 0.29) is 22.6 Å². The first kappa shape index (κ1) is 20.9. The average Bonchev–Trinajstić information content (AvgIpc) is 2.65. The number of phenolic OH excluding ortho intramolecular Hbond substituents is 1. The van der Waals surface area contributed by atoms with Gasteiger partial charge in [0.15, 0.2) is 11.5 Å². The Morgan fingerprint density at radius 1 is 0.893 bits per heavy atom. The van der Waals surface area contributed by atoms with Gasteiger partial charge in [-0.05, 0) is 51.1 Å². The number of rotatable bonds is 9. The topological polar surface area (TPSA) is 114 Å². The van der Waals surface area contributed by atoms with Crippen LogP contribution in [0, 0.1) is 0 Å². The summed E-state index contributed by atoms with van der Waals surface area (Å²) in [5.74, 6) is -0.909. The highest BCUT2D eigenvalue weighted by Crippen LogP contribution is 2.39. The van der Waals surface area contributed by atoms with Crippen LogP contribution in [0.1, 0.15) is 41.5 Å². The number of hydrogen-bond donors (Lipinski definition) is 3. The van der Waals surface area contributed by atoms with Crippen LogP contribution in [0.3, 0.4) is 0 Å². The van der Waals surface area contributed by atoms with Crippen molar-refractivity contribution in [1.82, 2.24) is 0 Å². The Morgan fingerprint density at radius 3 is 1.93 bits per heavy atom. The summed E-state index contributed by atoms with van der Waals surface area (Å²) < 4.78 is 16.8. The van der Waals surface area contributed by atoms with Crippen LogP contribution in [-0.4, -0.2) is 41.9 Å². The van der Waals surface area contributed by atoms with Crippen LogP contribution in [0.4, 0.5) is 5.69 Å². The van der Waals surface area contributed by atoms with Gasteiger partial charge in [0.1, 0.15) is 5.75 Å². The second-order valence-electron chi connectivity index (χ2n) is 5.59. The van der Waals surface area contributed by atoms with E-state index >= 15 is 0 Å². The fourth-order valence-electron chi connectivity index (χ4n) is 2.48. The summed E-state index contributed by atoms with van der Waals surface area (Å²) in [6, 6.07) is 6.71. The van der Waals surface area contributed by atoms with Crippen molar-refractivity contribution in [3.05, 3.63) is 41.5 Å². The molecule has 0 aliphatic carbocycles. The van der Waals surface area contributed by atoms with Gasteiger partial charge in [0.2, 0.25) is 5.75 Å². The van der Waals surface area contributed by atoms with Gasteiger partial charge in [-0.3, -0.25) is 4.79 Å². The molecule has 0 aliphatic heterocycles. The molecule has 0 saturated carbocycles. The molecule has 0 heterocycles. The Labute approximate surface area is 162 Å². The highest BCUT2D eigenvalue weighted by Gasteiger charge is 2.19. The van der Waals surface area contributed by atoms with Crippen LogP contribution in [0.5, 0.6) is 23.0 Å². The number of anilines is 1. The van der Waals surface area contributed by atoms with Crippen LogP contribution >= 0.6 is 0 Å². The van der Waals surface area contributed by atoms with Crippen molar-refractivity contribution in [2.24, 2.45) is 0 Å². The van der Waals surface area contributed by atoms with Gasteiger partial charge in [-0.2, -0.15) is 0 Å². The number of carboxylic acid groups (broad SMARTS) is 1. The summed E-state index contributed by atoms with van der Waals surface area (Å²) in [7, 11) is 0. The third-order valence-electron chi connectivity index (χ3n) is 3.66. The number of carbonyl (C=O) groups is 2. The third-order valence-corrected chi connectivity index (χ3v) is 3.66. The quantitative estimate of drug-likeness (QED) is 0.562. The summed E-state index contributed by atoms with van der Waals surface area (Å²) in [4.78, 5) is 23.6. The number of phenols is 1. The SMILES string of the molecule is CCOc1cc(C(=O)Nc2ccc(C(=O)O)cc2O)cc(OCC)c1OCC. The van der Waals surface area contributed by atoms with Gasteiger partial charge < -0.3 is 29.7 Å². The van der Waals surface area contributed by atoms with Gasteiger partial charge in [-0.25, -0.2) is 4.79 Å². The molecule has 2 aromatic carbocycles. The Bertz CT molecular complexity index is 837. The van der Waals surface area contributed by atoms with Gasteiger partial charge in [-0.1, -0.05) is 0 Å². The molecule has 2 aromatic rings. The van der Waals surface area contributed by atoms with Gasteiger partial charge in [0.25, 0.3) is 5.91 Å². The van der Waals surface area contributed by atoms with E-state index in [1.165, 1.54) is 24.3 Å². The van der Waals surface area contributed by atoms with E-state index in [9.17, 15) is 14.7 Å². The molecule has 1 amide bonds. The summed E-state index contributed by atoms with van der Waals surface area (Å²) in [6.07, 6.45) is 0. The maximum Gasteiger partial charge on any atom is 0.335 e. The minimum atomic E-state index is -1.18. The zero-order valence-electron chi connectivity index (χ0n) is 15.9. The Balaban J connectivity index is 2.37. The molecule has 28 heavy (non-hydrogen) atoms. The number of ether oxygens (including phenoxy) is 3. The Hall–Kier alpha value is -3.42. The molecule has 0 spiro atoms. The van der Waals surface area contributed by atoms with Crippen LogP contribution in [0.2, 0.25) is 0 Å². The van der Waals surface area contributed by atoms with Crippen LogP contribution < -0.4 is 19.5 Å². The number of aromatic carboxylic acids is 1. The van der Waals surface area contributed by atoms with E-state index in [2.05, 4.69) is 5.32 Å². The lowest BCUT2D eigenvalue weighted by Gasteiger charge is -2.17. The minimum absolute atomic E-state index is 0.0832. The fraction of sp³-hybridized carbons (Fsp3) is 0.300. The van der Waals surface area contributed by atoms with Crippen LogP contribution in [0.15, 0.2) is 30.3 Å². The van der Waals surface area contributed by atoms with Gasteiger partial charge >= 0.3 is 5.97 Å². The van der Waals surface area contributed by atoms with Crippen molar-refractivity contribution in [3.8, 4) is 23.0 Å². The number of nitrogens with one attached hydrogen (secondary N) is 1. The third kappa shape index (κ3) is 4.85. The molecule has 0 unspecified atom stereocenters. The molecule has 8 heteroatoms. The number of carboxylic acids is 1. The first-order valence-electron chi connectivity index (χ1n) is 8.85. The zero-order chi connectivity index (χ0) is 20.7. The normalized spacial score (nSPS) is 10.2. The van der Waals surface area contributed by atoms with Crippen molar-refractivity contribution >= 4 is 17.6 Å². The van der Waals surface area contributed by atoms with Gasteiger partial charge in [0, 0.05) is 5.56 Å². The average molecular weight is 389 g/mol. The molecule has 8 nitrogen and oxygen atoms in total. The number of amides is 1. The number of benzene rings is 2. The molecular weight excluding hydrogens is 366 g/mol. The highest BCUT2D eigenvalue weighted by molar-refractivity contribution is 6.06. The molecule has 2 rings (SSSR count). The molecule has 0 atom stereocenters. The molecule has 0 aliphatic rings. The molecular formula is C20H23NO7. The van der Waals surface area contributed by atoms with Crippen molar-refractivity contribution in [3.63, 3.8) is 0 Å². The van der Waals surface area contributed by atoms with Gasteiger partial charge in [0.05, 0.1) is 31.1 Å². The summed E-state index contributed by atoms with van der Waals surface area (Å²) >= 11 is 0. The molecule has 0 radical (unpaired) electrons. The lowest BCUT2D eigenvalue weighted by Crippen LogP contribution is -2.13. The smallest absolute Gasteiger partial charge is 0.335 e. The largest absolute Gasteiger partial charge is 0.506 e. The second-order valence-corrected chi connectivity index (χ2v) is 5.59. The molecule has 0 aromatic heterocycles. The van der Waals surface area contributed by atoms with E-state index in [1.807, 2.05) is 20.8 Å². The second kappa shape index (κ2) is 9.50. The summed E-state index contributed by atoms with van der Waals surface area (Å²) in [5, 5.41) is 21.5. The Kier molecular flexibility index (Phi) is 7.08. The predicted octanol–water partition coefficient (Wildman–Crippen LogP) is 3.54. The highest BCUT2D eigenvalue weighted by atomic mass is 16.5. The first-order valence-corrected chi connectivity index (χ1v) is 8.85. The molecule has 3 N–H and O–H groups in total. The minimum Gasteiger partial charge on any atom is -0.506 e. The van der Waals surface area contributed by atoms with Gasteiger partial charge in [-0.15, -0.1) is 0 Å². The van der Waals surface area contributed by atoms with E-state index in [4.69, 9.17) is 19.3 Å². The number of hydrogen-bond acceptors (Lipinski definition) is 6. The van der Waals surface area contributed by atoms with Crippen LogP contribution in [0.25, 0.3) is 0 Å². The maximum atomic E-state index is 12.7. The number of aromatic hydroxyl groups is 1. The molecule has 0 fully saturated rings. The molecule has 0 saturated heterocycles. The monoisotopic (exact) mass is 389 g/mol. The standard InChI is InChI=1S/C20H23NO7/c1-4-26-16-10-13(11-17(27-5-2)18(16)28-6-3)19(23)21-14-8-7-12(20(24)25)9-15(14)22/h7-11,22H,4-6H2,1-3H3,(H,21,23)(H,24,25). The predicted molar refractivity (Wildman–Crippen MR) is 103 cm³/mol. The lowest BCUT2D eigenvalue weighted by atomic mass is 10.1. The lowest BCUT2D eigenvalue weighted by molar-refractivity contribution is 0.0696. The zero-order valence-corrected chi connectivity index (χ0v) is 15.9. The maximum absolute atomic E-state index is 12.7. The van der Waals surface area contributed by atoms with Crippen molar-refractivity contribution in [2.45, 2.75) is 20.8 Å². The first-order chi connectivity index (χ1) is 13.4. The molecule has 0 bridgehead atoms. The molecule has 150 valence electrons. The van der Waals surface area contributed by atoms with E-state index in [0.717, 1.165) is 6.07 Å². The number of carbonyl (C=O) groups excluding carboxylic acids is 1. The van der Waals surface area contributed by atoms with Crippen molar-refractivity contribution < 1.29 is 34.0 Å². The van der Waals surface area contributed by atoms with E-state index < -0.39 is 11.9 Å². The van der Waals surface area contributed by atoms with Crippen molar-refractivity contribution in [2.75, 3.05) is 25.1 Å².